The van der Waals surface area contributed by atoms with E-state index in [-0.39, 0.29) is 8.89 Å². The van der Waals surface area contributed by atoms with E-state index in [1.807, 2.05) is 36.4 Å². The average Bonchev–Trinajstić information content (AvgIpc) is 3.21. The number of aromatic nitrogens is 3. The summed E-state index contributed by atoms with van der Waals surface area (Å²) in [6, 6.07) is 38.9. The molecule has 0 saturated carbocycles. The maximum absolute atomic E-state index is 5.26. The van der Waals surface area contributed by atoms with Crippen LogP contribution in [-0.2, 0) is 5.41 Å². The minimum absolute atomic E-state index is 0.0724. The van der Waals surface area contributed by atoms with Crippen LogP contribution in [-0.4, -0.2) is 47.3 Å². The van der Waals surface area contributed by atoms with Crippen LogP contribution in [0.4, 0.5) is 11.6 Å². The average molecular weight is 824 g/mol. The molecule has 0 N–H and O–H groups in total. The number of hydrogen-bond acceptors (Lipinski definition) is 4. The van der Waals surface area contributed by atoms with Gasteiger partial charge >= 0.3 is 305 Å². The number of allylic oxidation sites excluding steroid dienone is 4. The van der Waals surface area contributed by atoms with E-state index >= 15 is 0 Å². The van der Waals surface area contributed by atoms with Crippen LogP contribution < -0.4 is 4.90 Å². The SMILES string of the molecule is CC1(C)C2=C(CCC=C2)c2c3c(cc4cccc1c24)N(c1nc(-c2ccccc2)nc(-c2ccccc2)n1)C/C=C\c1ccccc1[CH]3[Tl]. The van der Waals surface area contributed by atoms with E-state index in [0.29, 0.717) is 49.9 Å². The predicted molar refractivity (Wildman–Crippen MR) is 203 cm³/mol. The van der Waals surface area contributed by atoms with Crippen molar-refractivity contribution >= 4 is 59.8 Å². The summed E-state index contributed by atoms with van der Waals surface area (Å²) in [7, 11) is 0. The summed E-state index contributed by atoms with van der Waals surface area (Å²) < 4.78 is 0.286. The first kappa shape index (κ1) is 30.4. The second-order valence-electron chi connectivity index (χ2n) is 13.7. The van der Waals surface area contributed by atoms with Gasteiger partial charge in [0, 0.05) is 0 Å². The van der Waals surface area contributed by atoms with Crippen LogP contribution in [0.1, 0.15) is 58.0 Å². The van der Waals surface area contributed by atoms with Crippen LogP contribution >= 0.6 is 0 Å². The van der Waals surface area contributed by atoms with Gasteiger partial charge in [-0.25, -0.2) is 0 Å². The van der Waals surface area contributed by atoms with E-state index in [9.17, 15) is 0 Å². The van der Waals surface area contributed by atoms with Crippen molar-refractivity contribution in [1.29, 1.82) is 0 Å². The Balaban J connectivity index is 1.38. The van der Waals surface area contributed by atoms with Crippen LogP contribution in [0.5, 0.6) is 0 Å². The molecule has 0 bridgehead atoms. The van der Waals surface area contributed by atoms with Gasteiger partial charge in [-0.1, -0.05) is 0 Å². The molecule has 234 valence electrons. The van der Waals surface area contributed by atoms with Crippen molar-refractivity contribution < 1.29 is 0 Å². The summed E-state index contributed by atoms with van der Waals surface area (Å²) in [4.78, 5) is 17.9. The first-order valence-electron chi connectivity index (χ1n) is 17.1. The van der Waals surface area contributed by atoms with E-state index in [1.54, 1.807) is 0 Å². The molecule has 2 heterocycles. The Hall–Kier alpha value is -4.69. The van der Waals surface area contributed by atoms with Crippen molar-refractivity contribution in [2.45, 2.75) is 35.6 Å². The third-order valence-corrected chi connectivity index (χ3v) is 13.1. The van der Waals surface area contributed by atoms with Crippen molar-refractivity contribution in [2.24, 2.45) is 0 Å². The number of benzene rings is 5. The van der Waals surface area contributed by atoms with Gasteiger partial charge in [-0.05, 0) is 0 Å². The Kier molecular flexibility index (Phi) is 7.45. The van der Waals surface area contributed by atoms with Gasteiger partial charge in [0.05, 0.1) is 0 Å². The molecular formula is C44H35N4Tl. The summed E-state index contributed by atoms with van der Waals surface area (Å²) in [5.41, 5.74) is 13.0. The fraction of sp³-hybridized carbons (Fsp3) is 0.159. The minimum atomic E-state index is -0.0724. The van der Waals surface area contributed by atoms with Crippen LogP contribution in [0.15, 0.2) is 133 Å². The van der Waals surface area contributed by atoms with E-state index in [0.717, 1.165) is 24.0 Å². The number of fused-ring (bicyclic) bond motifs is 4. The zero-order valence-corrected chi connectivity index (χ0v) is 32.3. The first-order valence-corrected chi connectivity index (χ1v) is 19.7. The number of rotatable bonds is 3. The Morgan fingerprint density at radius 2 is 1.43 bits per heavy atom. The quantitative estimate of drug-likeness (QED) is 0.167. The number of anilines is 2. The molecule has 1 aromatic heterocycles. The fourth-order valence-electron chi connectivity index (χ4n) is 8.08. The molecule has 0 radical (unpaired) electrons. The molecule has 0 fully saturated rings. The molecule has 9 rings (SSSR count). The summed E-state index contributed by atoms with van der Waals surface area (Å²) in [5, 5.41) is 2.70. The molecule has 0 amide bonds. The standard InChI is InChI=1S/C44H35N4.Tl/c1-44(2)36-24-12-11-23-34(36)40-35-27-32-20-10-9-15-29(32)22-14-26-48(38(35)28-33-21-13-25-37(44)39(33)40)43-46-41(30-16-5-3-6-17-30)45-42(47-43)31-18-7-4-8-19-31;/h3-10,12-22,24-25,27-28H,11,23,26H2,1-2H3;/b22-14-;. The Morgan fingerprint density at radius 1 is 0.735 bits per heavy atom. The van der Waals surface area contributed by atoms with Gasteiger partial charge in [-0.15, -0.1) is 0 Å². The molecule has 3 aliphatic rings. The van der Waals surface area contributed by atoms with Gasteiger partial charge in [0.15, 0.2) is 0 Å². The van der Waals surface area contributed by atoms with Crippen LogP contribution in [0.2, 0.25) is 0 Å². The van der Waals surface area contributed by atoms with E-state index in [1.165, 1.54) is 55.4 Å². The molecular weight excluding hydrogens is 789 g/mol. The Bertz CT molecular complexity index is 2300. The van der Waals surface area contributed by atoms with Gasteiger partial charge in [-0.2, -0.15) is 0 Å². The fourth-order valence-corrected chi connectivity index (χ4v) is 10.6. The second-order valence-corrected chi connectivity index (χ2v) is 16.3. The third kappa shape index (κ3) is 5.02. The molecule has 1 aliphatic heterocycles. The Morgan fingerprint density at radius 3 is 2.16 bits per heavy atom. The van der Waals surface area contributed by atoms with Gasteiger partial charge in [0.25, 0.3) is 0 Å². The van der Waals surface area contributed by atoms with Crippen molar-refractivity contribution in [3.8, 4) is 22.8 Å². The van der Waals surface area contributed by atoms with Gasteiger partial charge < -0.3 is 0 Å². The van der Waals surface area contributed by atoms with Crippen molar-refractivity contribution in [1.82, 2.24) is 15.0 Å². The molecule has 5 heteroatoms. The van der Waals surface area contributed by atoms with E-state index in [4.69, 9.17) is 15.0 Å². The van der Waals surface area contributed by atoms with Gasteiger partial charge in [0.1, 0.15) is 0 Å². The molecule has 1 atom stereocenters. The molecule has 1 unspecified atom stereocenters. The molecule has 4 nitrogen and oxygen atoms in total. The first-order chi connectivity index (χ1) is 24.0. The zero-order chi connectivity index (χ0) is 33.1. The van der Waals surface area contributed by atoms with E-state index < -0.39 is 0 Å². The molecule has 6 aromatic rings. The normalized spacial score (nSPS) is 18.1. The van der Waals surface area contributed by atoms with E-state index in [2.05, 4.69) is 116 Å². The summed E-state index contributed by atoms with van der Waals surface area (Å²) in [6.45, 7) is 5.45. The number of nitrogens with zero attached hydrogens (tertiary/aromatic N) is 4. The summed E-state index contributed by atoms with van der Waals surface area (Å²) >= 11 is 0.662. The monoisotopic (exact) mass is 824 g/mol. The topological polar surface area (TPSA) is 41.9 Å². The van der Waals surface area contributed by atoms with Crippen LogP contribution in [0.3, 0.4) is 0 Å². The van der Waals surface area contributed by atoms with Crippen molar-refractivity contribution in [3.63, 3.8) is 0 Å². The maximum atomic E-state index is 5.26. The van der Waals surface area contributed by atoms with Crippen LogP contribution in [0.25, 0.3) is 45.2 Å². The predicted octanol–water partition coefficient (Wildman–Crippen LogP) is 10.2. The zero-order valence-electron chi connectivity index (χ0n) is 27.8. The Labute approximate surface area is 303 Å². The molecule has 0 spiro atoms. The number of hydrogen-bond donors (Lipinski definition) is 0. The van der Waals surface area contributed by atoms with Crippen molar-refractivity contribution in [2.75, 3.05) is 11.4 Å². The van der Waals surface area contributed by atoms with Gasteiger partial charge in [0.2, 0.25) is 0 Å². The molecule has 5 aromatic carbocycles. The molecule has 49 heavy (non-hydrogen) atoms. The summed E-state index contributed by atoms with van der Waals surface area (Å²) in [5.74, 6) is 2.02. The van der Waals surface area contributed by atoms with Crippen LogP contribution in [0, 0.1) is 0 Å². The molecule has 0 saturated heterocycles. The van der Waals surface area contributed by atoms with Gasteiger partial charge in [-0.3, -0.25) is 0 Å². The third-order valence-electron chi connectivity index (χ3n) is 10.5. The second kappa shape index (κ2) is 12.0. The molecule has 2 aliphatic carbocycles. The summed E-state index contributed by atoms with van der Waals surface area (Å²) in [6.07, 6.45) is 11.5. The van der Waals surface area contributed by atoms with Crippen molar-refractivity contribution in [3.05, 3.63) is 161 Å².